The lowest BCUT2D eigenvalue weighted by Crippen LogP contribution is -2.38. The van der Waals surface area contributed by atoms with Crippen LogP contribution in [-0.4, -0.2) is 66.6 Å². The van der Waals surface area contributed by atoms with Gasteiger partial charge in [0.05, 0.1) is 11.2 Å². The highest BCUT2D eigenvalue weighted by atomic mass is 16.3. The van der Waals surface area contributed by atoms with Crippen molar-refractivity contribution in [3.05, 3.63) is 180 Å². The van der Waals surface area contributed by atoms with Gasteiger partial charge in [0.2, 0.25) is 5.95 Å². The second-order valence-corrected chi connectivity index (χ2v) is 16.2. The Morgan fingerprint density at radius 1 is 0.727 bits per heavy atom. The molecule has 1 aliphatic carbocycles. The van der Waals surface area contributed by atoms with E-state index in [2.05, 4.69) is 38.0 Å². The van der Waals surface area contributed by atoms with Crippen LogP contribution < -0.4 is 37.7 Å². The normalized spacial score (nSPS) is 13.9. The van der Waals surface area contributed by atoms with Crippen LogP contribution in [0.15, 0.2) is 162 Å². The number of furan rings is 1. The molecule has 0 amide bonds. The van der Waals surface area contributed by atoms with E-state index in [-0.39, 0.29) is 61.3 Å². The summed E-state index contributed by atoms with van der Waals surface area (Å²) in [5.41, 5.74) is 12.4. The Morgan fingerprint density at radius 2 is 1.45 bits per heavy atom. The van der Waals surface area contributed by atoms with Gasteiger partial charge < -0.3 is 8.98 Å². The second kappa shape index (κ2) is 16.5. The number of hydrogen-bond donors (Lipinski definition) is 0. The maximum absolute atomic E-state index is 7.22. The lowest BCUT2D eigenvalue weighted by molar-refractivity contribution is 0.674. The molecule has 300 valence electrons. The van der Waals surface area contributed by atoms with E-state index in [0.29, 0.717) is 34.4 Å². The number of rotatable bonds is 8. The van der Waals surface area contributed by atoms with Gasteiger partial charge in [0.15, 0.2) is 11.6 Å². The van der Waals surface area contributed by atoms with E-state index in [1.807, 2.05) is 127 Å². The maximum atomic E-state index is 7.22. The molecule has 2 aliphatic rings. The summed E-state index contributed by atoms with van der Waals surface area (Å²) in [6.07, 6.45) is 18.2. The predicted molar refractivity (Wildman–Crippen MR) is 282 cm³/mol. The summed E-state index contributed by atoms with van der Waals surface area (Å²) in [5.74, 6) is 0.795. The molecule has 0 N–H and O–H groups in total. The van der Waals surface area contributed by atoms with Gasteiger partial charge in [-0.05, 0) is 77.0 Å². The Balaban J connectivity index is 1.23. The van der Waals surface area contributed by atoms with Crippen LogP contribution >= 0.6 is 0 Å². The fourth-order valence-corrected chi connectivity index (χ4v) is 9.46. The van der Waals surface area contributed by atoms with Crippen LogP contribution in [0.25, 0.3) is 73.0 Å². The van der Waals surface area contributed by atoms with Crippen molar-refractivity contribution in [2.75, 3.05) is 4.90 Å². The zero-order valence-electron chi connectivity index (χ0n) is 36.6. The van der Waals surface area contributed by atoms with Gasteiger partial charge in [-0.1, -0.05) is 150 Å². The molecule has 4 heterocycles. The first-order valence-electron chi connectivity index (χ1n) is 21.4. The number of para-hydroxylation sites is 1. The molecule has 12 radical (unpaired) electrons. The Kier molecular flexibility index (Phi) is 10.6. The van der Waals surface area contributed by atoms with Crippen LogP contribution in [0, 0.1) is 6.92 Å². The number of allylic oxidation sites excluding steroid dienone is 11. The second-order valence-electron chi connectivity index (χ2n) is 16.2. The smallest absolute Gasteiger partial charge is 0.238 e. The van der Waals surface area contributed by atoms with Crippen molar-refractivity contribution in [1.82, 2.24) is 19.5 Å². The Hall–Kier alpha value is -7.44. The molecule has 5 aromatic carbocycles. The average Bonchev–Trinajstić information content (AvgIpc) is 3.88. The Labute approximate surface area is 392 Å². The quantitative estimate of drug-likeness (QED) is 0.129. The zero-order chi connectivity index (χ0) is 46.1. The predicted octanol–water partition coefficient (Wildman–Crippen LogP) is 6.54. The summed E-state index contributed by atoms with van der Waals surface area (Å²) in [5, 5.41) is 1.80. The number of nitrogens with zero attached hydrogens (tertiary/aromatic N) is 5. The first kappa shape index (κ1) is 42.5. The summed E-state index contributed by atoms with van der Waals surface area (Å²) in [6, 6.07) is 23.8. The third kappa shape index (κ3) is 6.45. The highest BCUT2D eigenvalue weighted by molar-refractivity contribution is 6.64. The third-order valence-corrected chi connectivity index (χ3v) is 12.5. The monoisotopic (exact) mass is 835 g/mol. The lowest BCUT2D eigenvalue weighted by atomic mass is 9.68. The van der Waals surface area contributed by atoms with Crippen molar-refractivity contribution < 1.29 is 4.42 Å². The van der Waals surface area contributed by atoms with Crippen LogP contribution in [-0.2, 0) is 6.42 Å². The number of anilines is 2. The van der Waals surface area contributed by atoms with E-state index in [4.69, 9.17) is 66.4 Å². The molecule has 6 nitrogen and oxygen atoms in total. The molecule has 0 atom stereocenters. The molecule has 8 aromatic rings. The third-order valence-electron chi connectivity index (χ3n) is 12.5. The molecule has 0 unspecified atom stereocenters. The highest BCUT2D eigenvalue weighted by Crippen LogP contribution is 2.44. The van der Waals surface area contributed by atoms with Gasteiger partial charge in [-0.3, -0.25) is 4.90 Å². The summed E-state index contributed by atoms with van der Waals surface area (Å²) >= 11 is 0. The molecule has 0 spiro atoms. The van der Waals surface area contributed by atoms with Gasteiger partial charge in [0.25, 0.3) is 0 Å². The lowest BCUT2D eigenvalue weighted by Gasteiger charge is -2.30. The largest absolute Gasteiger partial charge is 0.457 e. The SMILES string of the molecule is [B]c1c(-n2c(/C=C\C=C)c(C)c3ccccc32)c([B])c2c(oc3c([B])c(-c4nc(-c5ccccc5)nc(N5C(=C)C=CC=C6Cc7c(cccc75)C(/C=C\C)=C6C=C)n4)c([B])c([B])c32)c1[B]. The topological polar surface area (TPSA) is 60.0 Å². The molecule has 0 fully saturated rings. The van der Waals surface area contributed by atoms with Crippen molar-refractivity contribution in [3.8, 4) is 28.5 Å². The van der Waals surface area contributed by atoms with Crippen LogP contribution in [0.2, 0.25) is 0 Å². The number of aryl methyl sites for hydroxylation is 1. The molecule has 0 saturated carbocycles. The van der Waals surface area contributed by atoms with Crippen molar-refractivity contribution in [2.45, 2.75) is 20.3 Å². The Bertz CT molecular complexity index is 3610. The average molecular weight is 835 g/mol. The molecular weight excluding hydrogens is 799 g/mol. The first-order valence-corrected chi connectivity index (χ1v) is 21.4. The van der Waals surface area contributed by atoms with Crippen LogP contribution in [0.3, 0.4) is 0 Å². The molecule has 10 rings (SSSR count). The zero-order valence-corrected chi connectivity index (χ0v) is 36.6. The maximum Gasteiger partial charge on any atom is 0.238 e. The van der Waals surface area contributed by atoms with E-state index >= 15 is 0 Å². The van der Waals surface area contributed by atoms with Gasteiger partial charge >= 0.3 is 0 Å². The van der Waals surface area contributed by atoms with Crippen molar-refractivity contribution in [2.24, 2.45) is 0 Å². The molecular formula is C54H35B6N5O. The summed E-state index contributed by atoms with van der Waals surface area (Å²) in [6.45, 7) is 16.6. The number of benzene rings is 5. The number of hydrogen-bond acceptors (Lipinski definition) is 5. The van der Waals surface area contributed by atoms with Crippen molar-refractivity contribution in [3.63, 3.8) is 0 Å². The first-order chi connectivity index (χ1) is 32.0. The van der Waals surface area contributed by atoms with Crippen molar-refractivity contribution >= 4 is 136 Å². The molecule has 3 aromatic heterocycles. The summed E-state index contributed by atoms with van der Waals surface area (Å²) in [7, 11) is 42.5. The standard InChI is InChI=1S/C54H35B6N5O/c1-6-9-24-37-29(5)33-22-13-14-25-38(33)65(37)49-45(57)41-40-43(55)44(56)42(46(58)50(40)66-51(41)48(60)47(49)59)53-61-52(30-19-11-10-12-20-30)62-54(63-53)64-28(4)18-15-21-31-27-36-35(23-16-26-39(36)64)34(17-7-2)32(31)8-3/h6-26H,1,3-4,27H2,2,5H3/b17-7-,18-15?,24-9-,31-21?. The number of aromatic nitrogens is 4. The molecule has 12 heteroatoms. The van der Waals surface area contributed by atoms with Crippen molar-refractivity contribution in [1.29, 1.82) is 0 Å². The van der Waals surface area contributed by atoms with Gasteiger partial charge in [-0.15, -0.1) is 0 Å². The molecule has 0 saturated heterocycles. The summed E-state index contributed by atoms with van der Waals surface area (Å²) < 4.78 is 8.58. The molecule has 2 bridgehead atoms. The van der Waals surface area contributed by atoms with Crippen LogP contribution in [0.5, 0.6) is 0 Å². The van der Waals surface area contributed by atoms with Gasteiger partial charge in [-0.25, -0.2) is 4.98 Å². The van der Waals surface area contributed by atoms with E-state index in [1.54, 1.807) is 6.08 Å². The fourth-order valence-electron chi connectivity index (χ4n) is 9.46. The van der Waals surface area contributed by atoms with E-state index in [9.17, 15) is 0 Å². The van der Waals surface area contributed by atoms with Gasteiger partial charge in [0.1, 0.15) is 58.2 Å². The number of fused-ring (bicyclic) bond motifs is 5. The molecule has 66 heavy (non-hydrogen) atoms. The van der Waals surface area contributed by atoms with Crippen LogP contribution in [0.4, 0.5) is 11.6 Å². The van der Waals surface area contributed by atoms with Gasteiger partial charge in [0, 0.05) is 50.8 Å². The highest BCUT2D eigenvalue weighted by Gasteiger charge is 2.30. The van der Waals surface area contributed by atoms with E-state index < -0.39 is 0 Å². The summed E-state index contributed by atoms with van der Waals surface area (Å²) in [4.78, 5) is 17.2. The Morgan fingerprint density at radius 3 is 2.21 bits per heavy atom. The van der Waals surface area contributed by atoms with Crippen LogP contribution in [0.1, 0.15) is 29.3 Å². The van der Waals surface area contributed by atoms with E-state index in [1.165, 1.54) is 0 Å². The van der Waals surface area contributed by atoms with Gasteiger partial charge in [-0.2, -0.15) is 9.97 Å². The molecule has 1 aliphatic heterocycles. The van der Waals surface area contributed by atoms with E-state index in [0.717, 1.165) is 61.3 Å². The fraction of sp³-hybridized carbons (Fsp3) is 0.0556. The minimum atomic E-state index is 0.110. The minimum Gasteiger partial charge on any atom is -0.457 e. The minimum absolute atomic E-state index is 0.110.